The van der Waals surface area contributed by atoms with E-state index in [0.717, 1.165) is 0 Å². The van der Waals surface area contributed by atoms with Crippen molar-refractivity contribution in [2.75, 3.05) is 17.3 Å². The molecule has 0 saturated heterocycles. The fraction of sp³-hybridized carbons (Fsp3) is 0.556. The number of rotatable bonds is 5. The summed E-state index contributed by atoms with van der Waals surface area (Å²) in [6, 6.07) is 1.66. The van der Waals surface area contributed by atoms with Crippen molar-refractivity contribution in [1.82, 2.24) is 9.97 Å². The first-order chi connectivity index (χ1) is 7.17. The standard InChI is InChI=1S/C9H17N5O/c1-6(2)7(4-15)13-8-3-9(14-10)12-5-11-8/h3,5-7,15H,4,10H2,1-2H3,(H2,11,12,13,14)/t7-/m1/s1. The van der Waals surface area contributed by atoms with Gasteiger partial charge in [0, 0.05) is 6.07 Å². The number of nitrogens with two attached hydrogens (primary N) is 1. The van der Waals surface area contributed by atoms with E-state index in [2.05, 4.69) is 20.7 Å². The van der Waals surface area contributed by atoms with Gasteiger partial charge in [-0.3, -0.25) is 0 Å². The lowest BCUT2D eigenvalue weighted by molar-refractivity contribution is 0.249. The van der Waals surface area contributed by atoms with Crippen LogP contribution in [-0.2, 0) is 0 Å². The highest BCUT2D eigenvalue weighted by molar-refractivity contribution is 5.46. The summed E-state index contributed by atoms with van der Waals surface area (Å²) in [5.74, 6) is 6.72. The molecule has 0 aliphatic rings. The van der Waals surface area contributed by atoms with E-state index in [1.807, 2.05) is 13.8 Å². The second kappa shape index (κ2) is 5.47. The summed E-state index contributed by atoms with van der Waals surface area (Å²) in [5.41, 5.74) is 2.43. The lowest BCUT2D eigenvalue weighted by atomic mass is 10.1. The first kappa shape index (κ1) is 11.7. The highest BCUT2D eigenvalue weighted by atomic mass is 16.3. The minimum Gasteiger partial charge on any atom is -0.394 e. The van der Waals surface area contributed by atoms with Gasteiger partial charge in [-0.25, -0.2) is 15.8 Å². The molecule has 0 fully saturated rings. The monoisotopic (exact) mass is 211 g/mol. The highest BCUT2D eigenvalue weighted by Gasteiger charge is 2.12. The molecular weight excluding hydrogens is 194 g/mol. The summed E-state index contributed by atoms with van der Waals surface area (Å²) in [6.07, 6.45) is 1.41. The first-order valence-electron chi connectivity index (χ1n) is 4.83. The van der Waals surface area contributed by atoms with E-state index in [1.54, 1.807) is 6.07 Å². The van der Waals surface area contributed by atoms with E-state index in [-0.39, 0.29) is 12.6 Å². The summed E-state index contributed by atoms with van der Waals surface area (Å²) in [5, 5.41) is 12.2. The van der Waals surface area contributed by atoms with Crippen molar-refractivity contribution in [3.05, 3.63) is 12.4 Å². The Kier molecular flexibility index (Phi) is 4.26. The van der Waals surface area contributed by atoms with Gasteiger partial charge in [-0.1, -0.05) is 13.8 Å². The second-order valence-corrected chi connectivity index (χ2v) is 3.61. The number of nitrogens with one attached hydrogen (secondary N) is 2. The summed E-state index contributed by atoms with van der Waals surface area (Å²) in [4.78, 5) is 7.91. The van der Waals surface area contributed by atoms with Crippen LogP contribution in [0.4, 0.5) is 11.6 Å². The van der Waals surface area contributed by atoms with Crippen molar-refractivity contribution in [2.24, 2.45) is 11.8 Å². The third-order valence-electron chi connectivity index (χ3n) is 2.15. The van der Waals surface area contributed by atoms with Gasteiger partial charge < -0.3 is 15.8 Å². The lowest BCUT2D eigenvalue weighted by Crippen LogP contribution is -2.29. The van der Waals surface area contributed by atoms with Gasteiger partial charge >= 0.3 is 0 Å². The summed E-state index contributed by atoms with van der Waals surface area (Å²) >= 11 is 0. The number of aliphatic hydroxyl groups excluding tert-OH is 1. The van der Waals surface area contributed by atoms with Gasteiger partial charge in [-0.15, -0.1) is 0 Å². The maximum atomic E-state index is 9.14. The van der Waals surface area contributed by atoms with Crippen molar-refractivity contribution in [2.45, 2.75) is 19.9 Å². The minimum absolute atomic E-state index is 0.0227. The SMILES string of the molecule is CC(C)[C@@H](CO)Nc1cc(NN)ncn1. The van der Waals surface area contributed by atoms with Crippen LogP contribution in [0.15, 0.2) is 12.4 Å². The number of nitrogens with zero attached hydrogens (tertiary/aromatic N) is 2. The Bertz CT molecular complexity index is 304. The quantitative estimate of drug-likeness (QED) is 0.410. The Balaban J connectivity index is 2.70. The van der Waals surface area contributed by atoms with Gasteiger partial charge in [0.2, 0.25) is 0 Å². The average molecular weight is 211 g/mol. The van der Waals surface area contributed by atoms with Crippen LogP contribution in [0.2, 0.25) is 0 Å². The molecule has 0 spiro atoms. The molecule has 0 aliphatic heterocycles. The molecule has 1 atom stereocenters. The van der Waals surface area contributed by atoms with Gasteiger partial charge in [-0.05, 0) is 5.92 Å². The Morgan fingerprint density at radius 3 is 2.60 bits per heavy atom. The zero-order valence-corrected chi connectivity index (χ0v) is 8.94. The van der Waals surface area contributed by atoms with E-state index >= 15 is 0 Å². The molecule has 0 radical (unpaired) electrons. The molecule has 0 aromatic carbocycles. The number of hydrogen-bond donors (Lipinski definition) is 4. The van der Waals surface area contributed by atoms with Gasteiger partial charge in [0.05, 0.1) is 12.6 Å². The van der Waals surface area contributed by atoms with Crippen LogP contribution < -0.4 is 16.6 Å². The van der Waals surface area contributed by atoms with E-state index in [0.29, 0.717) is 17.6 Å². The predicted molar refractivity (Wildman–Crippen MR) is 59.2 cm³/mol. The molecule has 15 heavy (non-hydrogen) atoms. The van der Waals surface area contributed by atoms with E-state index in [9.17, 15) is 0 Å². The molecule has 5 N–H and O–H groups in total. The fourth-order valence-electron chi connectivity index (χ4n) is 1.13. The molecule has 84 valence electrons. The number of hydrogen-bond acceptors (Lipinski definition) is 6. The molecule has 0 saturated carbocycles. The van der Waals surface area contributed by atoms with Gasteiger partial charge in [0.25, 0.3) is 0 Å². The smallest absolute Gasteiger partial charge is 0.145 e. The Labute approximate surface area is 88.9 Å². The minimum atomic E-state index is -0.0227. The molecule has 0 amide bonds. The van der Waals surface area contributed by atoms with Crippen LogP contribution in [0.3, 0.4) is 0 Å². The van der Waals surface area contributed by atoms with E-state index in [4.69, 9.17) is 10.9 Å². The van der Waals surface area contributed by atoms with Crippen molar-refractivity contribution < 1.29 is 5.11 Å². The molecule has 1 aromatic rings. The van der Waals surface area contributed by atoms with Crippen LogP contribution in [0.5, 0.6) is 0 Å². The van der Waals surface area contributed by atoms with Crippen molar-refractivity contribution in [1.29, 1.82) is 0 Å². The van der Waals surface area contributed by atoms with Crippen molar-refractivity contribution >= 4 is 11.6 Å². The molecule has 1 aromatic heterocycles. The maximum Gasteiger partial charge on any atom is 0.145 e. The number of aromatic nitrogens is 2. The zero-order chi connectivity index (χ0) is 11.3. The van der Waals surface area contributed by atoms with Gasteiger partial charge in [-0.2, -0.15) is 0 Å². The van der Waals surface area contributed by atoms with E-state index in [1.165, 1.54) is 6.33 Å². The molecule has 0 unspecified atom stereocenters. The molecule has 0 bridgehead atoms. The first-order valence-corrected chi connectivity index (χ1v) is 4.83. The zero-order valence-electron chi connectivity index (χ0n) is 8.94. The van der Waals surface area contributed by atoms with E-state index < -0.39 is 0 Å². The van der Waals surface area contributed by atoms with Gasteiger partial charge in [0.15, 0.2) is 0 Å². The maximum absolute atomic E-state index is 9.14. The number of nitrogen functional groups attached to an aromatic ring is 1. The normalized spacial score (nSPS) is 12.6. The topological polar surface area (TPSA) is 96.1 Å². The number of aliphatic hydroxyl groups is 1. The number of hydrazine groups is 1. The summed E-state index contributed by atoms with van der Waals surface area (Å²) < 4.78 is 0. The fourth-order valence-corrected chi connectivity index (χ4v) is 1.13. The van der Waals surface area contributed by atoms with Crippen LogP contribution in [0, 0.1) is 5.92 Å². The highest BCUT2D eigenvalue weighted by Crippen LogP contribution is 2.11. The molecule has 0 aliphatic carbocycles. The van der Waals surface area contributed by atoms with Crippen LogP contribution in [0.1, 0.15) is 13.8 Å². The van der Waals surface area contributed by atoms with Crippen LogP contribution in [0.25, 0.3) is 0 Å². The third-order valence-corrected chi connectivity index (χ3v) is 2.15. The lowest BCUT2D eigenvalue weighted by Gasteiger charge is -2.20. The molecular formula is C9H17N5O. The second-order valence-electron chi connectivity index (χ2n) is 3.61. The average Bonchev–Trinajstić information content (AvgIpc) is 2.25. The largest absolute Gasteiger partial charge is 0.394 e. The molecule has 1 heterocycles. The number of anilines is 2. The van der Waals surface area contributed by atoms with Crippen molar-refractivity contribution in [3.63, 3.8) is 0 Å². The predicted octanol–water partition coefficient (Wildman–Crippen LogP) is 0.191. The Hall–Kier alpha value is -1.40. The van der Waals surface area contributed by atoms with Crippen LogP contribution in [-0.4, -0.2) is 27.7 Å². The van der Waals surface area contributed by atoms with Crippen molar-refractivity contribution in [3.8, 4) is 0 Å². The summed E-state index contributed by atoms with van der Waals surface area (Å²) in [7, 11) is 0. The van der Waals surface area contributed by atoms with Crippen LogP contribution >= 0.6 is 0 Å². The summed E-state index contributed by atoms with van der Waals surface area (Å²) in [6.45, 7) is 4.11. The molecule has 6 nitrogen and oxygen atoms in total. The Morgan fingerprint density at radius 2 is 2.07 bits per heavy atom. The third kappa shape index (κ3) is 3.34. The molecule has 1 rings (SSSR count). The Morgan fingerprint density at radius 1 is 1.40 bits per heavy atom. The van der Waals surface area contributed by atoms with Gasteiger partial charge in [0.1, 0.15) is 18.0 Å². The molecule has 6 heteroatoms.